The summed E-state index contributed by atoms with van der Waals surface area (Å²) in [6.07, 6.45) is 0. The van der Waals surface area contributed by atoms with Gasteiger partial charge in [-0.25, -0.2) is 0 Å². The van der Waals surface area contributed by atoms with Gasteiger partial charge in [-0.3, -0.25) is 0 Å². The predicted molar refractivity (Wildman–Crippen MR) is 125 cm³/mol. The lowest BCUT2D eigenvalue weighted by Gasteiger charge is -2.32. The first-order valence-corrected chi connectivity index (χ1v) is 14.1. The summed E-state index contributed by atoms with van der Waals surface area (Å²) in [4.78, 5) is 0. The summed E-state index contributed by atoms with van der Waals surface area (Å²) < 4.78 is 0. The predicted octanol–water partition coefficient (Wildman–Crippen LogP) is 7.61. The summed E-state index contributed by atoms with van der Waals surface area (Å²) in [5.74, 6) is 0. The molecule has 0 heterocycles. The Hall–Kier alpha value is -2.32. The second-order valence-corrected chi connectivity index (χ2v) is 14.7. The van der Waals surface area contributed by atoms with Crippen molar-refractivity contribution in [2.75, 3.05) is 0 Å². The summed E-state index contributed by atoms with van der Waals surface area (Å²) in [6, 6.07) is 34.4. The average Bonchev–Trinajstić information content (AvgIpc) is 3.28. The zero-order valence-corrected chi connectivity index (χ0v) is 18.2. The molecule has 4 aromatic rings. The zero-order chi connectivity index (χ0) is 19.6. The van der Waals surface area contributed by atoms with Gasteiger partial charge >= 0.3 is 0 Å². The van der Waals surface area contributed by atoms with Gasteiger partial charge < -0.3 is 0 Å². The molecule has 0 bridgehead atoms. The Balaban J connectivity index is 1.61. The summed E-state index contributed by atoms with van der Waals surface area (Å²) in [7, 11) is 0. The molecule has 0 aliphatic heterocycles. The van der Waals surface area contributed by atoms with E-state index >= 15 is 0 Å². The molecule has 0 atom stereocenters. The van der Waals surface area contributed by atoms with E-state index in [1.807, 2.05) is 0 Å². The SMILES string of the molecule is Cl[Si](Cl)(C1c2ccccc2-c2ccccc21)C1c2ccccc2-c2ccccc21. The quantitative estimate of drug-likeness (QED) is 0.227. The minimum Gasteiger partial charge on any atom is -0.144 e. The maximum Gasteiger partial charge on any atom is 0.274 e. The van der Waals surface area contributed by atoms with Gasteiger partial charge in [0, 0.05) is 11.1 Å². The second-order valence-electron chi connectivity index (χ2n) is 7.89. The van der Waals surface area contributed by atoms with E-state index in [-0.39, 0.29) is 11.1 Å². The van der Waals surface area contributed by atoms with Gasteiger partial charge in [0.15, 0.2) is 0 Å². The van der Waals surface area contributed by atoms with Gasteiger partial charge in [-0.15, -0.1) is 22.2 Å². The third kappa shape index (κ3) is 2.39. The van der Waals surface area contributed by atoms with E-state index in [1.54, 1.807) is 0 Å². The molecule has 0 nitrogen and oxygen atoms in total. The molecule has 0 unspecified atom stereocenters. The molecule has 0 amide bonds. The molecular formula is C26H18Cl2Si. The fourth-order valence-electron chi connectivity index (χ4n) is 5.31. The standard InChI is InChI=1S/C26H18Cl2Si/c27-29(28,25-21-13-5-1-9-17(21)18-10-2-6-14-22(18)25)26-23-15-7-3-11-19(23)20-12-4-8-16-24(20)26/h1-16,25-26H. The lowest BCUT2D eigenvalue weighted by Crippen LogP contribution is -2.37. The Labute approximate surface area is 181 Å². The molecule has 0 saturated carbocycles. The largest absolute Gasteiger partial charge is 0.274 e. The van der Waals surface area contributed by atoms with Gasteiger partial charge in [0.1, 0.15) is 0 Å². The molecule has 0 saturated heterocycles. The normalized spacial score (nSPS) is 15.0. The highest BCUT2D eigenvalue weighted by Crippen LogP contribution is 2.59. The molecule has 2 aliphatic carbocycles. The van der Waals surface area contributed by atoms with E-state index in [1.165, 1.54) is 44.5 Å². The van der Waals surface area contributed by atoms with E-state index in [0.29, 0.717) is 0 Å². The van der Waals surface area contributed by atoms with Crippen molar-refractivity contribution in [2.24, 2.45) is 0 Å². The van der Waals surface area contributed by atoms with Crippen molar-refractivity contribution in [1.82, 2.24) is 0 Å². The van der Waals surface area contributed by atoms with Gasteiger partial charge in [0.05, 0.1) is 0 Å². The Morgan fingerprint density at radius 1 is 0.414 bits per heavy atom. The van der Waals surface area contributed by atoms with Crippen molar-refractivity contribution in [1.29, 1.82) is 0 Å². The van der Waals surface area contributed by atoms with Crippen LogP contribution in [0.4, 0.5) is 0 Å². The fourth-order valence-corrected chi connectivity index (χ4v) is 11.1. The van der Waals surface area contributed by atoms with Gasteiger partial charge in [0.2, 0.25) is 0 Å². The second kappa shape index (κ2) is 6.34. The molecular weight excluding hydrogens is 411 g/mol. The van der Waals surface area contributed by atoms with Crippen molar-refractivity contribution in [2.45, 2.75) is 11.1 Å². The molecule has 2 aliphatic rings. The minimum absolute atomic E-state index is 0.0439. The van der Waals surface area contributed by atoms with Crippen molar-refractivity contribution >= 4 is 28.9 Å². The molecule has 0 radical (unpaired) electrons. The van der Waals surface area contributed by atoms with E-state index in [9.17, 15) is 0 Å². The molecule has 3 heteroatoms. The minimum atomic E-state index is -2.90. The maximum absolute atomic E-state index is 7.56. The van der Waals surface area contributed by atoms with Crippen LogP contribution in [0.1, 0.15) is 33.3 Å². The van der Waals surface area contributed by atoms with Crippen LogP contribution >= 0.6 is 22.2 Å². The maximum atomic E-state index is 7.56. The molecule has 0 N–H and O–H groups in total. The first kappa shape index (κ1) is 17.5. The monoisotopic (exact) mass is 428 g/mol. The third-order valence-corrected chi connectivity index (χ3v) is 11.8. The Bertz CT molecular complexity index is 1070. The van der Waals surface area contributed by atoms with Crippen LogP contribution in [0.25, 0.3) is 22.3 Å². The lowest BCUT2D eigenvalue weighted by atomic mass is 10.1. The van der Waals surface area contributed by atoms with Crippen molar-refractivity contribution in [3.8, 4) is 22.3 Å². The number of benzene rings is 4. The molecule has 0 aromatic heterocycles. The summed E-state index contributed by atoms with van der Waals surface area (Å²) in [5, 5.41) is 0. The first-order chi connectivity index (χ1) is 14.2. The van der Waals surface area contributed by atoms with Crippen LogP contribution in [0.5, 0.6) is 0 Å². The fraction of sp³-hybridized carbons (Fsp3) is 0.0769. The number of fused-ring (bicyclic) bond motifs is 6. The molecule has 4 aromatic carbocycles. The first-order valence-electron chi connectivity index (χ1n) is 9.92. The van der Waals surface area contributed by atoms with E-state index < -0.39 is 6.69 Å². The number of halogens is 2. The van der Waals surface area contributed by atoms with Crippen LogP contribution in [-0.2, 0) is 0 Å². The van der Waals surface area contributed by atoms with Crippen LogP contribution in [-0.4, -0.2) is 6.69 Å². The Morgan fingerprint density at radius 2 is 0.655 bits per heavy atom. The zero-order valence-electron chi connectivity index (χ0n) is 15.6. The highest BCUT2D eigenvalue weighted by molar-refractivity contribution is 7.46. The van der Waals surface area contributed by atoms with E-state index in [0.717, 1.165) is 0 Å². The number of hydrogen-bond acceptors (Lipinski definition) is 0. The van der Waals surface area contributed by atoms with Crippen LogP contribution < -0.4 is 0 Å². The number of rotatable bonds is 2. The van der Waals surface area contributed by atoms with Crippen LogP contribution in [0.3, 0.4) is 0 Å². The lowest BCUT2D eigenvalue weighted by molar-refractivity contribution is 1.06. The summed E-state index contributed by atoms with van der Waals surface area (Å²) in [5.41, 5.74) is 10.2. The Morgan fingerprint density at radius 3 is 0.931 bits per heavy atom. The van der Waals surface area contributed by atoms with Gasteiger partial charge in [-0.1, -0.05) is 97.1 Å². The smallest absolute Gasteiger partial charge is 0.144 e. The number of hydrogen-bond donors (Lipinski definition) is 0. The van der Waals surface area contributed by atoms with Crippen LogP contribution in [0.15, 0.2) is 97.1 Å². The molecule has 0 fully saturated rings. The summed E-state index contributed by atoms with van der Waals surface area (Å²) >= 11 is 15.1. The van der Waals surface area contributed by atoms with Crippen molar-refractivity contribution in [3.05, 3.63) is 119 Å². The van der Waals surface area contributed by atoms with Gasteiger partial charge in [0.25, 0.3) is 6.69 Å². The van der Waals surface area contributed by atoms with Crippen molar-refractivity contribution < 1.29 is 0 Å². The van der Waals surface area contributed by atoms with Gasteiger partial charge in [-0.2, -0.15) is 0 Å². The highest BCUT2D eigenvalue weighted by Gasteiger charge is 2.54. The Kier molecular flexibility index (Phi) is 3.83. The van der Waals surface area contributed by atoms with Crippen LogP contribution in [0, 0.1) is 0 Å². The highest BCUT2D eigenvalue weighted by atomic mass is 35.7. The molecule has 29 heavy (non-hydrogen) atoms. The molecule has 6 rings (SSSR count). The third-order valence-electron chi connectivity index (χ3n) is 6.44. The van der Waals surface area contributed by atoms with E-state index in [2.05, 4.69) is 97.1 Å². The van der Waals surface area contributed by atoms with Gasteiger partial charge in [-0.05, 0) is 44.5 Å². The van der Waals surface area contributed by atoms with Crippen molar-refractivity contribution in [3.63, 3.8) is 0 Å². The average molecular weight is 429 g/mol. The summed E-state index contributed by atoms with van der Waals surface area (Å²) in [6.45, 7) is -2.90. The molecule has 0 spiro atoms. The molecule has 140 valence electrons. The van der Waals surface area contributed by atoms with E-state index in [4.69, 9.17) is 22.2 Å². The van der Waals surface area contributed by atoms with Crippen LogP contribution in [0.2, 0.25) is 0 Å². The topological polar surface area (TPSA) is 0 Å².